The first-order chi connectivity index (χ1) is 10.4. The van der Waals surface area contributed by atoms with Gasteiger partial charge in [-0.1, -0.05) is 29.8 Å². The largest absolute Gasteiger partial charge is 0.417 e. The van der Waals surface area contributed by atoms with Gasteiger partial charge in [-0.3, -0.25) is 4.57 Å². The first-order valence-corrected chi connectivity index (χ1v) is 6.53. The first kappa shape index (κ1) is 14.4. The van der Waals surface area contributed by atoms with Gasteiger partial charge in [-0.05, 0) is 12.1 Å². The molecule has 0 atom stereocenters. The third-order valence-electron chi connectivity index (χ3n) is 3.21. The number of halogens is 4. The molecule has 0 saturated carbocycles. The molecule has 2 aromatic heterocycles. The van der Waals surface area contributed by atoms with E-state index in [4.69, 9.17) is 16.9 Å². The Balaban J connectivity index is 2.23. The highest BCUT2D eigenvalue weighted by molar-refractivity contribution is 6.32. The number of nitriles is 1. The molecule has 0 aliphatic rings. The van der Waals surface area contributed by atoms with Crippen LogP contribution in [0.15, 0.2) is 42.7 Å². The Bertz CT molecular complexity index is 907. The maximum absolute atomic E-state index is 12.7. The molecule has 0 radical (unpaired) electrons. The average Bonchev–Trinajstić information content (AvgIpc) is 2.85. The number of benzene rings is 1. The summed E-state index contributed by atoms with van der Waals surface area (Å²) in [7, 11) is 0. The number of pyridine rings is 1. The van der Waals surface area contributed by atoms with Gasteiger partial charge < -0.3 is 0 Å². The molecule has 7 heteroatoms. The van der Waals surface area contributed by atoms with Crippen LogP contribution in [0.2, 0.25) is 5.02 Å². The highest BCUT2D eigenvalue weighted by Crippen LogP contribution is 2.33. The van der Waals surface area contributed by atoms with Gasteiger partial charge in [-0.15, -0.1) is 0 Å². The van der Waals surface area contributed by atoms with Gasteiger partial charge in [0.1, 0.15) is 6.07 Å². The van der Waals surface area contributed by atoms with Gasteiger partial charge in [-0.25, -0.2) is 4.98 Å². The molecule has 0 spiro atoms. The maximum atomic E-state index is 12.7. The van der Waals surface area contributed by atoms with E-state index in [1.54, 1.807) is 24.3 Å². The fourth-order valence-corrected chi connectivity index (χ4v) is 2.46. The van der Waals surface area contributed by atoms with E-state index in [9.17, 15) is 13.2 Å². The van der Waals surface area contributed by atoms with Crippen molar-refractivity contribution in [3.63, 3.8) is 0 Å². The number of nitrogens with zero attached hydrogens (tertiary/aromatic N) is 3. The fraction of sp³-hybridized carbons (Fsp3) is 0.0667. The van der Waals surface area contributed by atoms with Crippen LogP contribution in [0.25, 0.3) is 16.7 Å². The zero-order valence-corrected chi connectivity index (χ0v) is 11.7. The van der Waals surface area contributed by atoms with E-state index in [2.05, 4.69) is 4.98 Å². The van der Waals surface area contributed by atoms with Crippen LogP contribution in [0.3, 0.4) is 0 Å². The van der Waals surface area contributed by atoms with Crippen LogP contribution in [-0.4, -0.2) is 9.55 Å². The third kappa shape index (κ3) is 2.30. The summed E-state index contributed by atoms with van der Waals surface area (Å²) in [5, 5.41) is 9.69. The van der Waals surface area contributed by atoms with E-state index in [-0.39, 0.29) is 10.8 Å². The second-order valence-electron chi connectivity index (χ2n) is 4.57. The fourth-order valence-electron chi connectivity index (χ4n) is 2.21. The molecular formula is C15H7ClF3N3. The summed E-state index contributed by atoms with van der Waals surface area (Å²) in [6, 6.07) is 9.90. The number of rotatable bonds is 1. The van der Waals surface area contributed by atoms with Crippen LogP contribution in [0, 0.1) is 11.3 Å². The standard InChI is InChI=1S/C15H7ClF3N3/c16-12-5-10(15(17,18)19)7-21-14(12)22-8-9(6-20)11-3-1-2-4-13(11)22/h1-5,7-8H. The molecule has 110 valence electrons. The first-order valence-electron chi connectivity index (χ1n) is 6.15. The molecule has 3 rings (SSSR count). The second kappa shape index (κ2) is 5.04. The molecular weight excluding hydrogens is 315 g/mol. The van der Waals surface area contributed by atoms with E-state index < -0.39 is 11.7 Å². The van der Waals surface area contributed by atoms with Gasteiger partial charge in [0.2, 0.25) is 0 Å². The second-order valence-corrected chi connectivity index (χ2v) is 4.98. The summed E-state index contributed by atoms with van der Waals surface area (Å²) < 4.78 is 39.5. The summed E-state index contributed by atoms with van der Waals surface area (Å²) in [5.74, 6) is 0.146. The number of aromatic nitrogens is 2. The highest BCUT2D eigenvalue weighted by Gasteiger charge is 2.31. The minimum absolute atomic E-state index is 0.139. The van der Waals surface area contributed by atoms with Crippen molar-refractivity contribution in [3.05, 3.63) is 58.9 Å². The molecule has 3 nitrogen and oxygen atoms in total. The molecule has 0 aliphatic heterocycles. The monoisotopic (exact) mass is 321 g/mol. The van der Waals surface area contributed by atoms with Gasteiger partial charge in [0.25, 0.3) is 0 Å². The Labute approximate surface area is 128 Å². The van der Waals surface area contributed by atoms with E-state index in [1.165, 1.54) is 10.8 Å². The average molecular weight is 322 g/mol. The Morgan fingerprint density at radius 1 is 1.23 bits per heavy atom. The molecule has 0 N–H and O–H groups in total. The molecule has 0 aliphatic carbocycles. The van der Waals surface area contributed by atoms with Gasteiger partial charge in [0, 0.05) is 17.8 Å². The van der Waals surface area contributed by atoms with Gasteiger partial charge in [0.15, 0.2) is 5.82 Å². The predicted molar refractivity (Wildman–Crippen MR) is 75.8 cm³/mol. The Morgan fingerprint density at radius 3 is 2.59 bits per heavy atom. The van der Waals surface area contributed by atoms with Crippen molar-refractivity contribution >= 4 is 22.5 Å². The van der Waals surface area contributed by atoms with Crippen molar-refractivity contribution in [2.75, 3.05) is 0 Å². The Morgan fingerprint density at radius 2 is 1.95 bits per heavy atom. The van der Waals surface area contributed by atoms with Gasteiger partial charge in [0.05, 0.1) is 21.7 Å². The smallest absolute Gasteiger partial charge is 0.299 e. The minimum Gasteiger partial charge on any atom is -0.299 e. The summed E-state index contributed by atoms with van der Waals surface area (Å²) >= 11 is 5.96. The SMILES string of the molecule is N#Cc1cn(-c2ncc(C(F)(F)F)cc2Cl)c2ccccc12. The quantitative estimate of drug-likeness (QED) is 0.659. The molecule has 0 unspecified atom stereocenters. The third-order valence-corrected chi connectivity index (χ3v) is 3.49. The lowest BCUT2D eigenvalue weighted by Gasteiger charge is -2.10. The van der Waals surface area contributed by atoms with Crippen molar-refractivity contribution in [2.45, 2.75) is 6.18 Å². The lowest BCUT2D eigenvalue weighted by atomic mass is 10.2. The topological polar surface area (TPSA) is 41.6 Å². The summed E-state index contributed by atoms with van der Waals surface area (Å²) in [5.41, 5.74) is 0.125. The van der Waals surface area contributed by atoms with Crippen LogP contribution in [0.4, 0.5) is 13.2 Å². The van der Waals surface area contributed by atoms with Crippen LogP contribution < -0.4 is 0 Å². The molecule has 1 aromatic carbocycles. The van der Waals surface area contributed by atoms with E-state index in [0.717, 1.165) is 12.3 Å². The summed E-state index contributed by atoms with van der Waals surface area (Å²) in [6.07, 6.45) is -2.28. The van der Waals surface area contributed by atoms with Crippen LogP contribution in [0.1, 0.15) is 11.1 Å². The highest BCUT2D eigenvalue weighted by atomic mass is 35.5. The normalized spacial score (nSPS) is 11.6. The van der Waals surface area contributed by atoms with Gasteiger partial charge in [-0.2, -0.15) is 18.4 Å². The lowest BCUT2D eigenvalue weighted by Crippen LogP contribution is -2.07. The van der Waals surface area contributed by atoms with Crippen molar-refractivity contribution in [1.82, 2.24) is 9.55 Å². The molecule has 0 amide bonds. The molecule has 0 fully saturated rings. The molecule has 0 bridgehead atoms. The summed E-state index contributed by atoms with van der Waals surface area (Å²) in [4.78, 5) is 3.81. The maximum Gasteiger partial charge on any atom is 0.417 e. The number of hydrogen-bond acceptors (Lipinski definition) is 2. The number of fused-ring (bicyclic) bond motifs is 1. The zero-order chi connectivity index (χ0) is 15.9. The molecule has 2 heterocycles. The van der Waals surface area contributed by atoms with Crippen LogP contribution >= 0.6 is 11.6 Å². The summed E-state index contributed by atoms with van der Waals surface area (Å²) in [6.45, 7) is 0. The number of para-hydroxylation sites is 1. The number of hydrogen-bond donors (Lipinski definition) is 0. The van der Waals surface area contributed by atoms with Gasteiger partial charge >= 0.3 is 6.18 Å². The predicted octanol–water partition coefficient (Wildman–Crippen LogP) is 4.57. The lowest BCUT2D eigenvalue weighted by molar-refractivity contribution is -0.137. The Kier molecular flexibility index (Phi) is 3.30. The molecule has 0 saturated heterocycles. The molecule has 3 aromatic rings. The van der Waals surface area contributed by atoms with Crippen LogP contribution in [0.5, 0.6) is 0 Å². The molecule has 22 heavy (non-hydrogen) atoms. The van der Waals surface area contributed by atoms with Crippen LogP contribution in [-0.2, 0) is 6.18 Å². The van der Waals surface area contributed by atoms with E-state index >= 15 is 0 Å². The van der Waals surface area contributed by atoms with Crippen molar-refractivity contribution in [1.29, 1.82) is 5.26 Å². The number of alkyl halides is 3. The Hall–Kier alpha value is -2.52. The van der Waals surface area contributed by atoms with E-state index in [0.29, 0.717) is 16.5 Å². The van der Waals surface area contributed by atoms with Crippen molar-refractivity contribution in [2.24, 2.45) is 0 Å². The van der Waals surface area contributed by atoms with E-state index in [1.807, 2.05) is 6.07 Å². The minimum atomic E-state index is -4.51. The van der Waals surface area contributed by atoms with Crippen molar-refractivity contribution < 1.29 is 13.2 Å². The zero-order valence-electron chi connectivity index (χ0n) is 10.9. The van der Waals surface area contributed by atoms with Crippen molar-refractivity contribution in [3.8, 4) is 11.9 Å².